The van der Waals surface area contributed by atoms with E-state index in [4.69, 9.17) is 9.57 Å². The molecule has 2 atom stereocenters. The van der Waals surface area contributed by atoms with Gasteiger partial charge in [-0.15, -0.1) is 0 Å². The molecule has 0 amide bonds. The summed E-state index contributed by atoms with van der Waals surface area (Å²) in [5, 5.41) is 11.0. The van der Waals surface area contributed by atoms with Crippen molar-refractivity contribution in [3.63, 3.8) is 0 Å². The van der Waals surface area contributed by atoms with Gasteiger partial charge in [-0.05, 0) is 42.0 Å². The van der Waals surface area contributed by atoms with Crippen LogP contribution in [0.3, 0.4) is 0 Å². The standard InChI is InChI=1S/C22H21N3O4/c1-28-20-13-11-18(12-14-20)24-15-21(16-5-3-2-4-6-16)23-29-22(24)17-7-9-19(10-8-17)25(26)27/h2-14,21-23H,15H2,1H3. The number of hydrogen-bond acceptors (Lipinski definition) is 6. The van der Waals surface area contributed by atoms with Crippen LogP contribution in [0.2, 0.25) is 0 Å². The maximum Gasteiger partial charge on any atom is 0.269 e. The third-order valence-electron chi connectivity index (χ3n) is 4.98. The van der Waals surface area contributed by atoms with Crippen molar-refractivity contribution in [1.82, 2.24) is 5.48 Å². The second-order valence-electron chi connectivity index (χ2n) is 6.75. The molecule has 1 aliphatic rings. The molecule has 0 saturated carbocycles. The molecule has 1 aliphatic heterocycles. The average molecular weight is 391 g/mol. The highest BCUT2D eigenvalue weighted by Crippen LogP contribution is 2.35. The Morgan fingerprint density at radius 2 is 1.69 bits per heavy atom. The minimum absolute atomic E-state index is 0.0207. The van der Waals surface area contributed by atoms with Gasteiger partial charge in [-0.3, -0.25) is 15.0 Å². The Morgan fingerprint density at radius 3 is 2.31 bits per heavy atom. The van der Waals surface area contributed by atoms with Gasteiger partial charge < -0.3 is 9.64 Å². The predicted octanol–water partition coefficient (Wildman–Crippen LogP) is 4.38. The lowest BCUT2D eigenvalue weighted by Gasteiger charge is -2.41. The zero-order chi connectivity index (χ0) is 20.2. The number of nitro groups is 1. The number of hydroxylamine groups is 1. The zero-order valence-electron chi connectivity index (χ0n) is 15.9. The Morgan fingerprint density at radius 1 is 1.00 bits per heavy atom. The molecule has 29 heavy (non-hydrogen) atoms. The van der Waals surface area contributed by atoms with E-state index in [1.165, 1.54) is 12.1 Å². The molecule has 1 fully saturated rings. The molecule has 0 spiro atoms. The molecular weight excluding hydrogens is 370 g/mol. The van der Waals surface area contributed by atoms with Crippen molar-refractivity contribution in [3.8, 4) is 5.75 Å². The van der Waals surface area contributed by atoms with Crippen LogP contribution in [0.5, 0.6) is 5.75 Å². The highest BCUT2D eigenvalue weighted by atomic mass is 16.7. The summed E-state index contributed by atoms with van der Waals surface area (Å²) in [7, 11) is 1.63. The van der Waals surface area contributed by atoms with Crippen LogP contribution in [-0.4, -0.2) is 18.6 Å². The summed E-state index contributed by atoms with van der Waals surface area (Å²) in [6, 6.07) is 24.3. The van der Waals surface area contributed by atoms with Crippen molar-refractivity contribution in [1.29, 1.82) is 0 Å². The smallest absolute Gasteiger partial charge is 0.269 e. The van der Waals surface area contributed by atoms with Crippen LogP contribution in [0.15, 0.2) is 78.9 Å². The van der Waals surface area contributed by atoms with Gasteiger partial charge in [0.05, 0.1) is 18.1 Å². The number of nitrogens with one attached hydrogen (secondary N) is 1. The summed E-state index contributed by atoms with van der Waals surface area (Å²) in [5.74, 6) is 0.774. The summed E-state index contributed by atoms with van der Waals surface area (Å²) in [5.41, 5.74) is 6.11. The van der Waals surface area contributed by atoms with Gasteiger partial charge in [0, 0.05) is 29.9 Å². The normalized spacial score (nSPS) is 19.0. The predicted molar refractivity (Wildman–Crippen MR) is 110 cm³/mol. The molecule has 1 heterocycles. The van der Waals surface area contributed by atoms with Crippen LogP contribution in [0.4, 0.5) is 11.4 Å². The third kappa shape index (κ3) is 4.06. The van der Waals surface area contributed by atoms with E-state index in [0.717, 1.165) is 22.6 Å². The first-order valence-electron chi connectivity index (χ1n) is 9.27. The maximum absolute atomic E-state index is 11.0. The second-order valence-corrected chi connectivity index (χ2v) is 6.75. The quantitative estimate of drug-likeness (QED) is 0.514. The van der Waals surface area contributed by atoms with Crippen molar-refractivity contribution < 1.29 is 14.5 Å². The van der Waals surface area contributed by atoms with Gasteiger partial charge >= 0.3 is 0 Å². The number of rotatable bonds is 5. The third-order valence-corrected chi connectivity index (χ3v) is 4.98. The molecule has 3 aromatic carbocycles. The van der Waals surface area contributed by atoms with Crippen LogP contribution < -0.4 is 15.1 Å². The number of hydrogen-bond donors (Lipinski definition) is 1. The first-order chi connectivity index (χ1) is 14.2. The minimum atomic E-state index is -0.427. The Kier molecular flexibility index (Phi) is 5.41. The number of non-ortho nitro benzene ring substituents is 1. The molecule has 148 valence electrons. The van der Waals surface area contributed by atoms with Crippen LogP contribution in [0.25, 0.3) is 0 Å². The molecule has 0 radical (unpaired) electrons. The maximum atomic E-state index is 11.0. The van der Waals surface area contributed by atoms with E-state index in [9.17, 15) is 10.1 Å². The molecule has 2 unspecified atom stereocenters. The highest BCUT2D eigenvalue weighted by Gasteiger charge is 2.31. The lowest BCUT2D eigenvalue weighted by molar-refractivity contribution is -0.384. The number of benzene rings is 3. The summed E-state index contributed by atoms with van der Waals surface area (Å²) >= 11 is 0. The molecule has 3 aromatic rings. The monoisotopic (exact) mass is 391 g/mol. The topological polar surface area (TPSA) is 76.9 Å². The van der Waals surface area contributed by atoms with Crippen molar-refractivity contribution >= 4 is 11.4 Å². The number of nitrogens with zero attached hydrogens (tertiary/aromatic N) is 2. The summed E-state index contributed by atoms with van der Waals surface area (Å²) in [6.45, 7) is 0.665. The molecule has 7 heteroatoms. The van der Waals surface area contributed by atoms with Crippen LogP contribution in [0, 0.1) is 10.1 Å². The van der Waals surface area contributed by atoms with E-state index in [0.29, 0.717) is 6.54 Å². The van der Waals surface area contributed by atoms with Gasteiger partial charge in [0.1, 0.15) is 5.75 Å². The fourth-order valence-corrected chi connectivity index (χ4v) is 3.42. The van der Waals surface area contributed by atoms with E-state index in [1.807, 2.05) is 42.5 Å². The molecule has 0 bridgehead atoms. The van der Waals surface area contributed by atoms with E-state index in [-0.39, 0.29) is 11.7 Å². The van der Waals surface area contributed by atoms with Crippen molar-refractivity contribution in [2.75, 3.05) is 18.6 Å². The molecular formula is C22H21N3O4. The Balaban J connectivity index is 1.66. The molecule has 0 aromatic heterocycles. The lowest BCUT2D eigenvalue weighted by atomic mass is 10.0. The van der Waals surface area contributed by atoms with Gasteiger partial charge in [0.25, 0.3) is 5.69 Å². The second kappa shape index (κ2) is 8.30. The molecule has 4 rings (SSSR count). The average Bonchev–Trinajstić information content (AvgIpc) is 2.79. The van der Waals surface area contributed by atoms with Crippen molar-refractivity contribution in [2.45, 2.75) is 12.3 Å². The van der Waals surface area contributed by atoms with E-state index >= 15 is 0 Å². The Bertz CT molecular complexity index is 962. The van der Waals surface area contributed by atoms with E-state index in [2.05, 4.69) is 22.5 Å². The minimum Gasteiger partial charge on any atom is -0.497 e. The summed E-state index contributed by atoms with van der Waals surface area (Å²) < 4.78 is 5.27. The lowest BCUT2D eigenvalue weighted by Crippen LogP contribution is -2.46. The first-order valence-corrected chi connectivity index (χ1v) is 9.27. The van der Waals surface area contributed by atoms with E-state index < -0.39 is 11.2 Å². The Labute approximate surface area is 168 Å². The number of ether oxygens (including phenoxy) is 1. The first kappa shape index (κ1) is 18.9. The van der Waals surface area contributed by atoms with Crippen LogP contribution in [0.1, 0.15) is 23.4 Å². The van der Waals surface area contributed by atoms with E-state index in [1.54, 1.807) is 19.2 Å². The van der Waals surface area contributed by atoms with Gasteiger partial charge in [-0.1, -0.05) is 30.3 Å². The summed E-state index contributed by atoms with van der Waals surface area (Å²) in [6.07, 6.45) is -0.427. The van der Waals surface area contributed by atoms with Crippen molar-refractivity contribution in [2.24, 2.45) is 0 Å². The molecule has 1 N–H and O–H groups in total. The number of methoxy groups -OCH3 is 1. The molecule has 0 aliphatic carbocycles. The molecule has 1 saturated heterocycles. The van der Waals surface area contributed by atoms with Crippen LogP contribution >= 0.6 is 0 Å². The van der Waals surface area contributed by atoms with Gasteiger partial charge in [0.2, 0.25) is 0 Å². The SMILES string of the molecule is COc1ccc(N2CC(c3ccccc3)NOC2c2ccc([N+](=O)[O-])cc2)cc1. The van der Waals surface area contributed by atoms with Gasteiger partial charge in [0.15, 0.2) is 6.23 Å². The van der Waals surface area contributed by atoms with Gasteiger partial charge in [-0.2, -0.15) is 5.48 Å². The van der Waals surface area contributed by atoms with Crippen LogP contribution in [-0.2, 0) is 4.84 Å². The zero-order valence-corrected chi connectivity index (χ0v) is 15.9. The fraction of sp³-hybridized carbons (Fsp3) is 0.182. The fourth-order valence-electron chi connectivity index (χ4n) is 3.42. The largest absolute Gasteiger partial charge is 0.497 e. The van der Waals surface area contributed by atoms with Gasteiger partial charge in [-0.25, -0.2) is 0 Å². The number of nitro benzene ring substituents is 1. The Hall–Kier alpha value is -3.42. The number of anilines is 1. The highest BCUT2D eigenvalue weighted by molar-refractivity contribution is 5.52. The van der Waals surface area contributed by atoms with Crippen molar-refractivity contribution in [3.05, 3.63) is 100 Å². The summed E-state index contributed by atoms with van der Waals surface area (Å²) in [4.78, 5) is 18.7. The molecule has 7 nitrogen and oxygen atoms in total.